The van der Waals surface area contributed by atoms with Gasteiger partial charge in [-0.3, -0.25) is 4.79 Å². The number of aromatic nitrogens is 2. The van der Waals surface area contributed by atoms with E-state index in [0.29, 0.717) is 15.9 Å². The maximum Gasteiger partial charge on any atom is 0.258 e. The number of carbonyl (C=O) groups excluding carboxylic acids is 1. The van der Waals surface area contributed by atoms with Crippen LogP contribution in [0.5, 0.6) is 5.88 Å². The van der Waals surface area contributed by atoms with Gasteiger partial charge in [0, 0.05) is 10.0 Å². The standard InChI is InChI=1S/C16H13Cl2N3O2S/c1-9(11-3-2-10(17)6-13(11)18)21-14(22)7-23-15-12-4-5-24-16(12)20-8-19-15/h2-6,8-9H,7H2,1H3,(H,21,22). The third kappa shape index (κ3) is 3.77. The van der Waals surface area contributed by atoms with E-state index in [2.05, 4.69) is 15.3 Å². The Labute approximate surface area is 152 Å². The van der Waals surface area contributed by atoms with Crippen molar-refractivity contribution in [3.63, 3.8) is 0 Å². The second-order valence-electron chi connectivity index (χ2n) is 5.06. The summed E-state index contributed by atoms with van der Waals surface area (Å²) in [5, 5.41) is 6.59. The van der Waals surface area contributed by atoms with Crippen LogP contribution in [0.4, 0.5) is 0 Å². The normalized spacial score (nSPS) is 12.1. The maximum atomic E-state index is 12.1. The van der Waals surface area contributed by atoms with Crippen LogP contribution < -0.4 is 10.1 Å². The minimum absolute atomic E-state index is 0.141. The molecule has 0 fully saturated rings. The number of nitrogens with one attached hydrogen (secondary N) is 1. The number of thiophene rings is 1. The molecule has 0 radical (unpaired) electrons. The molecule has 1 unspecified atom stereocenters. The molecule has 3 rings (SSSR count). The first kappa shape index (κ1) is 17.0. The molecule has 2 aromatic heterocycles. The molecule has 8 heteroatoms. The van der Waals surface area contributed by atoms with Gasteiger partial charge in [0.25, 0.3) is 5.91 Å². The van der Waals surface area contributed by atoms with E-state index >= 15 is 0 Å². The topological polar surface area (TPSA) is 64.1 Å². The first-order valence-electron chi connectivity index (χ1n) is 7.10. The molecule has 124 valence electrons. The lowest BCUT2D eigenvalue weighted by atomic mass is 10.1. The lowest BCUT2D eigenvalue weighted by Gasteiger charge is -2.16. The van der Waals surface area contributed by atoms with Crippen LogP contribution in [0.25, 0.3) is 10.2 Å². The largest absolute Gasteiger partial charge is 0.467 e. The average Bonchev–Trinajstić information content (AvgIpc) is 3.01. The quantitative estimate of drug-likeness (QED) is 0.717. The van der Waals surface area contributed by atoms with E-state index in [1.54, 1.807) is 18.2 Å². The molecule has 1 atom stereocenters. The van der Waals surface area contributed by atoms with Crippen molar-refractivity contribution in [2.75, 3.05) is 6.61 Å². The number of halogens is 2. The first-order chi connectivity index (χ1) is 11.5. The Balaban J connectivity index is 1.62. The van der Waals surface area contributed by atoms with Crippen LogP contribution in [0.2, 0.25) is 10.0 Å². The molecule has 1 N–H and O–H groups in total. The van der Waals surface area contributed by atoms with E-state index in [9.17, 15) is 4.79 Å². The van der Waals surface area contributed by atoms with Gasteiger partial charge in [-0.15, -0.1) is 11.3 Å². The van der Waals surface area contributed by atoms with E-state index in [4.69, 9.17) is 27.9 Å². The lowest BCUT2D eigenvalue weighted by molar-refractivity contribution is -0.123. The zero-order chi connectivity index (χ0) is 17.1. The van der Waals surface area contributed by atoms with Crippen LogP contribution in [-0.2, 0) is 4.79 Å². The van der Waals surface area contributed by atoms with E-state index in [0.717, 1.165) is 15.8 Å². The van der Waals surface area contributed by atoms with E-state index in [1.807, 2.05) is 18.4 Å². The highest BCUT2D eigenvalue weighted by Crippen LogP contribution is 2.27. The number of hydrogen-bond acceptors (Lipinski definition) is 5. The summed E-state index contributed by atoms with van der Waals surface area (Å²) in [5.74, 6) is 0.129. The van der Waals surface area contributed by atoms with Crippen LogP contribution in [0, 0.1) is 0 Å². The number of nitrogens with zero attached hydrogens (tertiary/aromatic N) is 2. The monoisotopic (exact) mass is 381 g/mol. The Bertz CT molecular complexity index is 885. The third-order valence-electron chi connectivity index (χ3n) is 3.37. The summed E-state index contributed by atoms with van der Waals surface area (Å²) in [7, 11) is 0. The first-order valence-corrected chi connectivity index (χ1v) is 8.73. The summed E-state index contributed by atoms with van der Waals surface area (Å²) in [6.45, 7) is 1.70. The fourth-order valence-corrected chi connectivity index (χ4v) is 3.53. The average molecular weight is 382 g/mol. The maximum absolute atomic E-state index is 12.1. The van der Waals surface area contributed by atoms with Crippen molar-refractivity contribution in [3.8, 4) is 5.88 Å². The van der Waals surface area contributed by atoms with Crippen molar-refractivity contribution >= 4 is 50.7 Å². The molecule has 1 aromatic carbocycles. The molecular weight excluding hydrogens is 369 g/mol. The minimum atomic E-state index is -0.268. The van der Waals surface area contributed by atoms with Crippen LogP contribution in [0.1, 0.15) is 18.5 Å². The Morgan fingerprint density at radius 1 is 1.33 bits per heavy atom. The summed E-state index contributed by atoms with van der Waals surface area (Å²) in [4.78, 5) is 21.1. The van der Waals surface area contributed by atoms with Crippen LogP contribution in [0.15, 0.2) is 36.0 Å². The molecule has 0 aliphatic heterocycles. The van der Waals surface area contributed by atoms with Crippen molar-refractivity contribution in [2.24, 2.45) is 0 Å². The molecule has 0 saturated heterocycles. The summed E-state index contributed by atoms with van der Waals surface area (Å²) in [6.07, 6.45) is 1.42. The predicted molar refractivity (Wildman–Crippen MR) is 95.9 cm³/mol. The Morgan fingerprint density at radius 3 is 2.96 bits per heavy atom. The van der Waals surface area contributed by atoms with Gasteiger partial charge in [-0.2, -0.15) is 0 Å². The van der Waals surface area contributed by atoms with Gasteiger partial charge in [0.15, 0.2) is 6.61 Å². The molecule has 0 bridgehead atoms. The summed E-state index contributed by atoms with van der Waals surface area (Å²) in [5.41, 5.74) is 0.789. The predicted octanol–water partition coefficient (Wildman–Crippen LogP) is 4.25. The summed E-state index contributed by atoms with van der Waals surface area (Å²) in [6, 6.07) is 6.76. The molecule has 0 aliphatic rings. The zero-order valence-electron chi connectivity index (χ0n) is 12.6. The third-order valence-corrected chi connectivity index (χ3v) is 4.75. The number of rotatable bonds is 5. The van der Waals surface area contributed by atoms with Crippen LogP contribution in [-0.4, -0.2) is 22.5 Å². The van der Waals surface area contributed by atoms with Gasteiger partial charge in [0.1, 0.15) is 11.2 Å². The minimum Gasteiger partial charge on any atom is -0.467 e. The zero-order valence-corrected chi connectivity index (χ0v) is 15.0. The van der Waals surface area contributed by atoms with Crippen molar-refractivity contribution in [3.05, 3.63) is 51.6 Å². The summed E-state index contributed by atoms with van der Waals surface area (Å²) < 4.78 is 5.51. The van der Waals surface area contributed by atoms with E-state index in [1.165, 1.54) is 17.7 Å². The van der Waals surface area contributed by atoms with Crippen molar-refractivity contribution in [1.29, 1.82) is 0 Å². The summed E-state index contributed by atoms with van der Waals surface area (Å²) >= 11 is 13.5. The fourth-order valence-electron chi connectivity index (χ4n) is 2.23. The highest BCUT2D eigenvalue weighted by molar-refractivity contribution is 7.16. The molecule has 0 aliphatic carbocycles. The van der Waals surface area contributed by atoms with Gasteiger partial charge in [-0.05, 0) is 36.1 Å². The molecular formula is C16H13Cl2N3O2S. The van der Waals surface area contributed by atoms with Crippen molar-refractivity contribution in [1.82, 2.24) is 15.3 Å². The molecule has 0 saturated carbocycles. The van der Waals surface area contributed by atoms with Crippen molar-refractivity contribution < 1.29 is 9.53 Å². The number of ether oxygens (including phenoxy) is 1. The highest BCUT2D eigenvalue weighted by atomic mass is 35.5. The van der Waals surface area contributed by atoms with Crippen molar-refractivity contribution in [2.45, 2.75) is 13.0 Å². The van der Waals surface area contributed by atoms with Gasteiger partial charge in [0.05, 0.1) is 11.4 Å². The van der Waals surface area contributed by atoms with Crippen LogP contribution >= 0.6 is 34.5 Å². The Morgan fingerprint density at radius 2 is 2.17 bits per heavy atom. The van der Waals surface area contributed by atoms with Gasteiger partial charge in [-0.1, -0.05) is 29.3 Å². The Kier molecular flexibility index (Phi) is 5.18. The van der Waals surface area contributed by atoms with Gasteiger partial charge < -0.3 is 10.1 Å². The molecule has 3 aromatic rings. The molecule has 1 amide bonds. The molecule has 24 heavy (non-hydrogen) atoms. The Hall–Kier alpha value is -1.89. The number of carbonyl (C=O) groups is 1. The van der Waals surface area contributed by atoms with Gasteiger partial charge in [-0.25, -0.2) is 9.97 Å². The number of fused-ring (bicyclic) bond motifs is 1. The van der Waals surface area contributed by atoms with E-state index in [-0.39, 0.29) is 18.6 Å². The second-order valence-corrected chi connectivity index (χ2v) is 6.80. The van der Waals surface area contributed by atoms with Crippen LogP contribution in [0.3, 0.4) is 0 Å². The van der Waals surface area contributed by atoms with E-state index < -0.39 is 0 Å². The SMILES string of the molecule is CC(NC(=O)COc1ncnc2sccc12)c1ccc(Cl)cc1Cl. The second kappa shape index (κ2) is 7.34. The fraction of sp³-hybridized carbons (Fsp3) is 0.188. The molecule has 5 nitrogen and oxygen atoms in total. The molecule has 0 spiro atoms. The number of amides is 1. The molecule has 2 heterocycles. The lowest BCUT2D eigenvalue weighted by Crippen LogP contribution is -2.31. The smallest absolute Gasteiger partial charge is 0.258 e. The van der Waals surface area contributed by atoms with Gasteiger partial charge >= 0.3 is 0 Å². The highest BCUT2D eigenvalue weighted by Gasteiger charge is 2.14. The number of hydrogen-bond donors (Lipinski definition) is 1. The number of benzene rings is 1. The van der Waals surface area contributed by atoms with Gasteiger partial charge in [0.2, 0.25) is 5.88 Å².